The van der Waals surface area contributed by atoms with Crippen LogP contribution in [0.1, 0.15) is 27.2 Å². The maximum atomic E-state index is 13.1. The van der Waals surface area contributed by atoms with Crippen LogP contribution in [0.15, 0.2) is 12.2 Å². The quantitative estimate of drug-likeness (QED) is 0.527. The summed E-state index contributed by atoms with van der Waals surface area (Å²) in [4.78, 5) is 0. The van der Waals surface area contributed by atoms with Gasteiger partial charge in [-0.2, -0.15) is 13.2 Å². The van der Waals surface area contributed by atoms with Gasteiger partial charge in [-0.05, 0) is 30.6 Å². The molecule has 0 aromatic carbocycles. The molecule has 2 bridgehead atoms. The van der Waals surface area contributed by atoms with Gasteiger partial charge < -0.3 is 0 Å². The van der Waals surface area contributed by atoms with Gasteiger partial charge in [-0.15, -0.1) is 0 Å². The zero-order valence-electron chi connectivity index (χ0n) is 8.65. The Morgan fingerprint density at radius 2 is 1.57 bits per heavy atom. The molecular weight excluding hydrogens is 189 g/mol. The van der Waals surface area contributed by atoms with Crippen LogP contribution in [0, 0.1) is 22.7 Å². The van der Waals surface area contributed by atoms with E-state index in [0.29, 0.717) is 6.42 Å². The van der Waals surface area contributed by atoms with Gasteiger partial charge in [0.05, 0.1) is 5.41 Å². The van der Waals surface area contributed by atoms with E-state index in [4.69, 9.17) is 0 Å². The van der Waals surface area contributed by atoms with E-state index in [1.54, 1.807) is 19.9 Å². The van der Waals surface area contributed by atoms with E-state index in [-0.39, 0.29) is 11.8 Å². The topological polar surface area (TPSA) is 0 Å². The largest absolute Gasteiger partial charge is 0.395 e. The summed E-state index contributed by atoms with van der Waals surface area (Å²) in [5.74, 6) is -0.221. The Bertz CT molecular complexity index is 287. The predicted molar refractivity (Wildman–Crippen MR) is 48.7 cm³/mol. The summed E-state index contributed by atoms with van der Waals surface area (Å²) >= 11 is 0. The lowest BCUT2D eigenvalue weighted by Gasteiger charge is -2.46. The molecule has 3 atom stereocenters. The average Bonchev–Trinajstić information content (AvgIpc) is 2.52. The smallest absolute Gasteiger partial charge is 0.170 e. The highest BCUT2D eigenvalue weighted by atomic mass is 19.4. The summed E-state index contributed by atoms with van der Waals surface area (Å²) in [7, 11) is 0. The van der Waals surface area contributed by atoms with Crippen molar-refractivity contribution in [2.75, 3.05) is 0 Å². The summed E-state index contributed by atoms with van der Waals surface area (Å²) in [6.45, 7) is 4.87. The summed E-state index contributed by atoms with van der Waals surface area (Å²) in [5.41, 5.74) is -2.20. The van der Waals surface area contributed by atoms with Crippen molar-refractivity contribution in [1.29, 1.82) is 0 Å². The number of alkyl halides is 3. The van der Waals surface area contributed by atoms with Crippen molar-refractivity contribution in [3.05, 3.63) is 12.2 Å². The number of fused-ring (bicyclic) bond motifs is 2. The summed E-state index contributed by atoms with van der Waals surface area (Å²) in [6, 6.07) is 0. The van der Waals surface area contributed by atoms with Gasteiger partial charge in [0.2, 0.25) is 0 Å². The molecule has 0 aromatic heterocycles. The minimum absolute atomic E-state index is 0.0964. The van der Waals surface area contributed by atoms with Crippen LogP contribution in [-0.2, 0) is 0 Å². The molecule has 0 saturated heterocycles. The van der Waals surface area contributed by atoms with Crippen LogP contribution in [-0.4, -0.2) is 6.18 Å². The van der Waals surface area contributed by atoms with E-state index >= 15 is 0 Å². The molecule has 0 N–H and O–H groups in total. The minimum atomic E-state index is -4.10. The van der Waals surface area contributed by atoms with Crippen molar-refractivity contribution < 1.29 is 13.2 Å². The Labute approximate surface area is 82.2 Å². The molecule has 0 aliphatic heterocycles. The van der Waals surface area contributed by atoms with E-state index in [2.05, 4.69) is 0 Å². The van der Waals surface area contributed by atoms with Crippen molar-refractivity contribution >= 4 is 0 Å². The van der Waals surface area contributed by atoms with E-state index in [1.165, 1.54) is 6.92 Å². The molecule has 0 spiro atoms. The number of halogens is 3. The third-order valence-electron chi connectivity index (χ3n) is 4.68. The molecule has 80 valence electrons. The second-order valence-corrected chi connectivity index (χ2v) is 5.26. The number of allylic oxidation sites excluding steroid dienone is 2. The monoisotopic (exact) mass is 204 g/mol. The third-order valence-corrected chi connectivity index (χ3v) is 4.68. The Balaban J connectivity index is 2.50. The molecule has 3 heteroatoms. The first kappa shape index (κ1) is 10.1. The summed E-state index contributed by atoms with van der Waals surface area (Å²) < 4.78 is 39.2. The lowest BCUT2D eigenvalue weighted by Crippen LogP contribution is -2.49. The van der Waals surface area contributed by atoms with Gasteiger partial charge in [0.1, 0.15) is 0 Å². The second-order valence-electron chi connectivity index (χ2n) is 5.26. The van der Waals surface area contributed by atoms with Crippen LogP contribution < -0.4 is 0 Å². The van der Waals surface area contributed by atoms with E-state index < -0.39 is 17.0 Å². The highest BCUT2D eigenvalue weighted by Gasteiger charge is 2.69. The number of hydrogen-bond donors (Lipinski definition) is 0. The van der Waals surface area contributed by atoms with Gasteiger partial charge in [-0.25, -0.2) is 0 Å². The first-order valence-corrected chi connectivity index (χ1v) is 4.96. The zero-order chi connectivity index (χ0) is 10.8. The highest BCUT2D eigenvalue weighted by molar-refractivity contribution is 5.23. The molecule has 0 heterocycles. The van der Waals surface area contributed by atoms with Crippen LogP contribution >= 0.6 is 0 Å². The number of hydrogen-bond acceptors (Lipinski definition) is 0. The van der Waals surface area contributed by atoms with Crippen molar-refractivity contribution in [3.8, 4) is 0 Å². The summed E-state index contributed by atoms with van der Waals surface area (Å²) in [5, 5.41) is 0. The molecular formula is C11H15F3. The molecule has 0 nitrogen and oxygen atoms in total. The van der Waals surface area contributed by atoms with Crippen LogP contribution in [0.3, 0.4) is 0 Å². The molecule has 1 fully saturated rings. The molecule has 2 rings (SSSR count). The van der Waals surface area contributed by atoms with Gasteiger partial charge in [0.15, 0.2) is 0 Å². The van der Waals surface area contributed by atoms with Gasteiger partial charge in [0.25, 0.3) is 0 Å². The second kappa shape index (κ2) is 2.37. The van der Waals surface area contributed by atoms with Gasteiger partial charge in [0, 0.05) is 0 Å². The third kappa shape index (κ3) is 0.861. The maximum Gasteiger partial charge on any atom is 0.395 e. The van der Waals surface area contributed by atoms with Gasteiger partial charge in [-0.1, -0.05) is 26.0 Å². The van der Waals surface area contributed by atoms with E-state index in [0.717, 1.165) is 0 Å². The molecule has 0 aromatic rings. The normalized spacial score (nSPS) is 44.7. The molecule has 0 radical (unpaired) electrons. The molecule has 14 heavy (non-hydrogen) atoms. The molecule has 3 unspecified atom stereocenters. The first-order chi connectivity index (χ1) is 6.21. The van der Waals surface area contributed by atoms with Crippen LogP contribution in [0.25, 0.3) is 0 Å². The van der Waals surface area contributed by atoms with Crippen molar-refractivity contribution in [2.24, 2.45) is 22.7 Å². The number of rotatable bonds is 0. The fourth-order valence-electron chi connectivity index (χ4n) is 3.10. The van der Waals surface area contributed by atoms with Crippen LogP contribution in [0.2, 0.25) is 0 Å². The van der Waals surface area contributed by atoms with Crippen molar-refractivity contribution in [1.82, 2.24) is 0 Å². The van der Waals surface area contributed by atoms with Crippen molar-refractivity contribution in [2.45, 2.75) is 33.4 Å². The Morgan fingerprint density at radius 3 is 1.86 bits per heavy atom. The lowest BCUT2D eigenvalue weighted by atomic mass is 9.60. The van der Waals surface area contributed by atoms with E-state index in [1.807, 2.05) is 6.08 Å². The van der Waals surface area contributed by atoms with Crippen molar-refractivity contribution in [3.63, 3.8) is 0 Å². The van der Waals surface area contributed by atoms with Gasteiger partial charge in [-0.3, -0.25) is 0 Å². The zero-order valence-corrected chi connectivity index (χ0v) is 8.65. The lowest BCUT2D eigenvalue weighted by molar-refractivity contribution is -0.258. The Hall–Kier alpha value is -0.470. The van der Waals surface area contributed by atoms with Gasteiger partial charge >= 0.3 is 6.18 Å². The highest BCUT2D eigenvalue weighted by Crippen LogP contribution is 2.68. The SMILES string of the molecule is CC1(C)C2C=CC(C2)C1(C)C(F)(F)F. The fraction of sp³-hybridized carbons (Fsp3) is 0.818. The molecule has 1 saturated carbocycles. The van der Waals surface area contributed by atoms with E-state index in [9.17, 15) is 13.2 Å². The molecule has 2 aliphatic carbocycles. The predicted octanol–water partition coefficient (Wildman–Crippen LogP) is 3.79. The van der Waals surface area contributed by atoms with Crippen LogP contribution in [0.4, 0.5) is 13.2 Å². The Morgan fingerprint density at radius 1 is 1.07 bits per heavy atom. The van der Waals surface area contributed by atoms with Crippen LogP contribution in [0.5, 0.6) is 0 Å². The first-order valence-electron chi connectivity index (χ1n) is 4.96. The molecule has 0 amide bonds. The minimum Gasteiger partial charge on any atom is -0.170 e. The summed E-state index contributed by atoms with van der Waals surface area (Å²) in [6.07, 6.45) is 0.283. The Kier molecular flexibility index (Phi) is 1.70. The maximum absolute atomic E-state index is 13.1. The standard InChI is InChI=1S/C11H15F3/c1-9(2)7-4-5-8(6-7)10(9,3)11(12,13)14/h4-5,7-8H,6H2,1-3H3. The average molecular weight is 204 g/mol. The molecule has 2 aliphatic rings. The fourth-order valence-corrected chi connectivity index (χ4v) is 3.10.